The van der Waals surface area contributed by atoms with E-state index in [0.717, 1.165) is 24.8 Å². The fourth-order valence-corrected chi connectivity index (χ4v) is 2.43. The molecule has 0 aliphatic carbocycles. The normalized spacial score (nSPS) is 11.8. The molecule has 0 unspecified atom stereocenters. The molecule has 2 heterocycles. The predicted molar refractivity (Wildman–Crippen MR) is 87.2 cm³/mol. The Morgan fingerprint density at radius 1 is 1.30 bits per heavy atom. The molecule has 23 heavy (non-hydrogen) atoms. The van der Waals surface area contributed by atoms with Crippen LogP contribution in [0.25, 0.3) is 0 Å². The molecule has 2 aromatic heterocycles. The molecule has 1 amide bonds. The first-order valence-corrected chi connectivity index (χ1v) is 7.70. The number of hydrogen-bond acceptors (Lipinski definition) is 5. The van der Waals surface area contributed by atoms with E-state index in [4.69, 9.17) is 4.74 Å². The van der Waals surface area contributed by atoms with Gasteiger partial charge in [-0.15, -0.1) is 0 Å². The number of amides is 1. The summed E-state index contributed by atoms with van der Waals surface area (Å²) in [6.45, 7) is 2.14. The molecule has 0 saturated heterocycles. The molecule has 1 atom stereocenters. The van der Waals surface area contributed by atoms with E-state index in [0.29, 0.717) is 5.56 Å². The van der Waals surface area contributed by atoms with E-state index in [1.54, 1.807) is 18.1 Å². The number of rotatable bonds is 7. The van der Waals surface area contributed by atoms with Crippen molar-refractivity contribution in [2.24, 2.45) is 0 Å². The van der Waals surface area contributed by atoms with Gasteiger partial charge in [-0.3, -0.25) is 9.78 Å². The quantitative estimate of drug-likeness (QED) is 0.786. The van der Waals surface area contributed by atoms with Crippen molar-refractivity contribution in [2.45, 2.75) is 32.2 Å². The minimum atomic E-state index is -0.113. The van der Waals surface area contributed by atoms with E-state index >= 15 is 0 Å². The lowest BCUT2D eigenvalue weighted by atomic mass is 10.0. The summed E-state index contributed by atoms with van der Waals surface area (Å²) in [6.07, 6.45) is 9.53. The van der Waals surface area contributed by atoms with E-state index in [2.05, 4.69) is 21.9 Å². The SMILES string of the molecule is CCCC[C@@H](c1cccnc1)N(C)C(=O)c1cnc(OC)nc1. The topological polar surface area (TPSA) is 68.2 Å². The number of hydrogen-bond donors (Lipinski definition) is 0. The summed E-state index contributed by atoms with van der Waals surface area (Å²) in [6, 6.07) is 4.13. The molecule has 6 nitrogen and oxygen atoms in total. The van der Waals surface area contributed by atoms with Gasteiger partial charge in [-0.1, -0.05) is 25.8 Å². The highest BCUT2D eigenvalue weighted by molar-refractivity contribution is 5.93. The van der Waals surface area contributed by atoms with Crippen molar-refractivity contribution in [2.75, 3.05) is 14.2 Å². The molecular weight excluding hydrogens is 292 g/mol. The Bertz CT molecular complexity index is 616. The fourth-order valence-electron chi connectivity index (χ4n) is 2.43. The van der Waals surface area contributed by atoms with Crippen LogP contribution >= 0.6 is 0 Å². The first kappa shape index (κ1) is 16.9. The van der Waals surface area contributed by atoms with Crippen LogP contribution in [0.5, 0.6) is 6.01 Å². The maximum Gasteiger partial charge on any atom is 0.316 e. The van der Waals surface area contributed by atoms with E-state index in [-0.39, 0.29) is 18.0 Å². The zero-order chi connectivity index (χ0) is 16.7. The third kappa shape index (κ3) is 4.25. The predicted octanol–water partition coefficient (Wildman–Crippen LogP) is 2.88. The first-order valence-electron chi connectivity index (χ1n) is 7.70. The monoisotopic (exact) mass is 314 g/mol. The molecule has 0 spiro atoms. The van der Waals surface area contributed by atoms with Crippen LogP contribution in [-0.4, -0.2) is 39.9 Å². The standard InChI is InChI=1S/C17H22N4O2/c1-4-5-8-15(13-7-6-9-18-10-13)21(2)16(22)14-11-19-17(23-3)20-12-14/h6-7,9-12,15H,4-5,8H2,1-3H3/t15-/m0/s1. The molecule has 0 aromatic carbocycles. The largest absolute Gasteiger partial charge is 0.467 e. The minimum Gasteiger partial charge on any atom is -0.467 e. The third-order valence-corrected chi connectivity index (χ3v) is 3.75. The molecule has 2 rings (SSSR count). The molecule has 2 aromatic rings. The molecule has 122 valence electrons. The number of nitrogens with zero attached hydrogens (tertiary/aromatic N) is 4. The summed E-state index contributed by atoms with van der Waals surface area (Å²) >= 11 is 0. The van der Waals surface area contributed by atoms with Crippen molar-refractivity contribution in [3.8, 4) is 6.01 Å². The van der Waals surface area contributed by atoms with E-state index in [1.165, 1.54) is 19.5 Å². The first-order chi connectivity index (χ1) is 11.2. The van der Waals surface area contributed by atoms with Crippen molar-refractivity contribution in [1.82, 2.24) is 19.9 Å². The molecule has 0 aliphatic heterocycles. The number of ether oxygens (including phenoxy) is 1. The zero-order valence-corrected chi connectivity index (χ0v) is 13.8. The van der Waals surface area contributed by atoms with Gasteiger partial charge in [0.05, 0.1) is 18.7 Å². The molecule has 0 saturated carbocycles. The summed E-state index contributed by atoms with van der Waals surface area (Å²) in [4.78, 5) is 26.6. The highest BCUT2D eigenvalue weighted by Gasteiger charge is 2.23. The Labute approximate surface area is 136 Å². The Morgan fingerprint density at radius 2 is 2.04 bits per heavy atom. The Kier molecular flexibility index (Phi) is 6.02. The number of carbonyl (C=O) groups is 1. The molecule has 6 heteroatoms. The van der Waals surface area contributed by atoms with Gasteiger partial charge in [0, 0.05) is 31.8 Å². The van der Waals surface area contributed by atoms with Crippen molar-refractivity contribution in [3.05, 3.63) is 48.0 Å². The van der Waals surface area contributed by atoms with E-state index in [1.807, 2.05) is 18.3 Å². The van der Waals surface area contributed by atoms with E-state index in [9.17, 15) is 4.79 Å². The van der Waals surface area contributed by atoms with Gasteiger partial charge >= 0.3 is 6.01 Å². The molecule has 0 aliphatic rings. The van der Waals surface area contributed by atoms with Gasteiger partial charge in [0.15, 0.2) is 0 Å². The second-order valence-corrected chi connectivity index (χ2v) is 5.32. The summed E-state index contributed by atoms with van der Waals surface area (Å²) < 4.78 is 4.92. The van der Waals surface area contributed by atoms with Crippen LogP contribution in [0.4, 0.5) is 0 Å². The summed E-state index contributed by atoms with van der Waals surface area (Å²) in [5.74, 6) is -0.113. The Morgan fingerprint density at radius 3 is 2.61 bits per heavy atom. The summed E-state index contributed by atoms with van der Waals surface area (Å²) in [5.41, 5.74) is 1.48. The lowest BCUT2D eigenvalue weighted by molar-refractivity contribution is 0.0719. The number of methoxy groups -OCH3 is 1. The highest BCUT2D eigenvalue weighted by Crippen LogP contribution is 2.26. The maximum atomic E-state index is 12.7. The van der Waals surface area contributed by atoms with Crippen molar-refractivity contribution in [3.63, 3.8) is 0 Å². The lowest BCUT2D eigenvalue weighted by Crippen LogP contribution is -2.31. The molecular formula is C17H22N4O2. The molecule has 0 radical (unpaired) electrons. The van der Waals surface area contributed by atoms with Crippen LogP contribution in [0.2, 0.25) is 0 Å². The van der Waals surface area contributed by atoms with Crippen molar-refractivity contribution in [1.29, 1.82) is 0 Å². The van der Waals surface area contributed by atoms with Crippen LogP contribution in [0.15, 0.2) is 36.9 Å². The average molecular weight is 314 g/mol. The maximum absolute atomic E-state index is 12.7. The highest BCUT2D eigenvalue weighted by atomic mass is 16.5. The third-order valence-electron chi connectivity index (χ3n) is 3.75. The van der Waals surface area contributed by atoms with Gasteiger partial charge in [0.1, 0.15) is 0 Å². The number of carbonyl (C=O) groups excluding carboxylic acids is 1. The lowest BCUT2D eigenvalue weighted by Gasteiger charge is -2.28. The minimum absolute atomic E-state index is 0.0155. The summed E-state index contributed by atoms with van der Waals surface area (Å²) in [7, 11) is 3.30. The number of aromatic nitrogens is 3. The molecule has 0 N–H and O–H groups in total. The Balaban J connectivity index is 2.21. The van der Waals surface area contributed by atoms with Crippen LogP contribution in [-0.2, 0) is 0 Å². The number of pyridine rings is 1. The number of unbranched alkanes of at least 4 members (excludes halogenated alkanes) is 1. The van der Waals surface area contributed by atoms with E-state index < -0.39 is 0 Å². The smallest absolute Gasteiger partial charge is 0.316 e. The van der Waals surface area contributed by atoms with Gasteiger partial charge in [-0.2, -0.15) is 0 Å². The fraction of sp³-hybridized carbons (Fsp3) is 0.412. The van der Waals surface area contributed by atoms with Gasteiger partial charge < -0.3 is 9.64 Å². The van der Waals surface area contributed by atoms with Crippen molar-refractivity contribution >= 4 is 5.91 Å². The Hall–Kier alpha value is -2.50. The summed E-state index contributed by atoms with van der Waals surface area (Å²) in [5, 5.41) is 0. The zero-order valence-electron chi connectivity index (χ0n) is 13.8. The van der Waals surface area contributed by atoms with Crippen LogP contribution < -0.4 is 4.74 Å². The molecule has 0 fully saturated rings. The van der Waals surface area contributed by atoms with Crippen LogP contribution in [0, 0.1) is 0 Å². The second-order valence-electron chi connectivity index (χ2n) is 5.32. The van der Waals surface area contributed by atoms with Gasteiger partial charge in [-0.05, 0) is 18.1 Å². The van der Waals surface area contributed by atoms with Crippen molar-refractivity contribution < 1.29 is 9.53 Å². The van der Waals surface area contributed by atoms with Gasteiger partial charge in [-0.25, -0.2) is 9.97 Å². The van der Waals surface area contributed by atoms with Gasteiger partial charge in [0.25, 0.3) is 5.91 Å². The molecule has 0 bridgehead atoms. The van der Waals surface area contributed by atoms with Gasteiger partial charge in [0.2, 0.25) is 0 Å². The second kappa shape index (κ2) is 8.22. The van der Waals surface area contributed by atoms with Crippen LogP contribution in [0.3, 0.4) is 0 Å². The average Bonchev–Trinajstić information content (AvgIpc) is 2.62. The van der Waals surface area contributed by atoms with Crippen LogP contribution in [0.1, 0.15) is 48.1 Å².